The van der Waals surface area contributed by atoms with E-state index in [2.05, 4.69) is 24.3 Å². The fourth-order valence-corrected chi connectivity index (χ4v) is 3.96. The Kier molecular flexibility index (Phi) is 9.12. The van der Waals surface area contributed by atoms with E-state index in [-0.39, 0.29) is 0 Å². The molecule has 0 N–H and O–H groups in total. The van der Waals surface area contributed by atoms with Crippen LogP contribution in [0.2, 0.25) is 0 Å². The molecule has 4 aliphatic rings. The van der Waals surface area contributed by atoms with Gasteiger partial charge in [0.05, 0.1) is 26.4 Å². The number of benzene rings is 4. The van der Waals surface area contributed by atoms with Crippen LogP contribution in [0.25, 0.3) is 0 Å². The van der Waals surface area contributed by atoms with Gasteiger partial charge in [-0.05, 0) is 46.5 Å². The van der Waals surface area contributed by atoms with Crippen molar-refractivity contribution in [2.24, 2.45) is 0 Å². The lowest BCUT2D eigenvalue weighted by atomic mass is 10.1. The summed E-state index contributed by atoms with van der Waals surface area (Å²) in [6.45, 7) is 3.75. The topological polar surface area (TPSA) is 55.4 Å². The molecule has 0 amide bonds. The van der Waals surface area contributed by atoms with Crippen molar-refractivity contribution in [3.8, 4) is 23.0 Å². The lowest BCUT2D eigenvalue weighted by Crippen LogP contribution is -2.08. The minimum atomic E-state index is 0.437. The molecule has 0 unspecified atom stereocenters. The lowest BCUT2D eigenvalue weighted by molar-refractivity contribution is 0.0860. The molecule has 6 heteroatoms. The molecule has 0 saturated carbocycles. The van der Waals surface area contributed by atoms with Gasteiger partial charge in [0.15, 0.2) is 23.0 Å². The second kappa shape index (κ2) is 13.5. The van der Waals surface area contributed by atoms with Crippen LogP contribution in [0.3, 0.4) is 0 Å². The Bertz CT molecular complexity index is 1170. The first-order chi connectivity index (χ1) is 18.8. The van der Waals surface area contributed by atoms with E-state index in [0.717, 1.165) is 22.3 Å². The van der Waals surface area contributed by atoms with Crippen molar-refractivity contribution in [1.82, 2.24) is 0 Å². The summed E-state index contributed by atoms with van der Waals surface area (Å²) in [6, 6.07) is 31.8. The highest BCUT2D eigenvalue weighted by Crippen LogP contribution is 2.28. The van der Waals surface area contributed by atoms with Crippen molar-refractivity contribution in [2.75, 3.05) is 26.4 Å². The first-order valence-corrected chi connectivity index (χ1v) is 12.8. The van der Waals surface area contributed by atoms with Crippen LogP contribution < -0.4 is 18.9 Å². The molecule has 0 radical (unpaired) electrons. The van der Waals surface area contributed by atoms with E-state index in [1.807, 2.05) is 72.8 Å². The molecule has 4 bridgehead atoms. The van der Waals surface area contributed by atoms with Gasteiger partial charge in [-0.25, -0.2) is 0 Å². The van der Waals surface area contributed by atoms with Crippen LogP contribution in [0.1, 0.15) is 22.3 Å². The molecule has 38 heavy (non-hydrogen) atoms. The molecule has 8 rings (SSSR count). The maximum atomic E-state index is 6.06. The molecule has 0 saturated heterocycles. The minimum absolute atomic E-state index is 0.437. The van der Waals surface area contributed by atoms with Gasteiger partial charge in [0.25, 0.3) is 0 Å². The first kappa shape index (κ1) is 25.6. The van der Waals surface area contributed by atoms with Crippen molar-refractivity contribution in [3.05, 3.63) is 119 Å². The van der Waals surface area contributed by atoms with Gasteiger partial charge < -0.3 is 28.4 Å². The number of ether oxygens (including phenoxy) is 6. The van der Waals surface area contributed by atoms with E-state index in [4.69, 9.17) is 28.4 Å². The van der Waals surface area contributed by atoms with Gasteiger partial charge in [0.1, 0.15) is 26.4 Å². The number of rotatable bonds is 0. The zero-order valence-electron chi connectivity index (χ0n) is 21.3. The predicted octanol–water partition coefficient (Wildman–Crippen LogP) is 6.35. The Morgan fingerprint density at radius 1 is 0.316 bits per heavy atom. The van der Waals surface area contributed by atoms with Gasteiger partial charge in [-0.2, -0.15) is 0 Å². The fraction of sp³-hybridized carbons (Fsp3) is 0.250. The van der Waals surface area contributed by atoms with Crippen molar-refractivity contribution in [3.63, 3.8) is 0 Å². The molecular formula is C32H32O6. The SMILES string of the molecule is c1ccc2c(c1)OCCOCc1ccc(cc1)COCCOc1ccccc1OCc1ccc(cc1)CO2. The van der Waals surface area contributed by atoms with Crippen LogP contribution in [0.4, 0.5) is 0 Å². The highest BCUT2D eigenvalue weighted by Gasteiger charge is 2.08. The summed E-state index contributed by atoms with van der Waals surface area (Å²) in [6.07, 6.45) is 0. The quantitative estimate of drug-likeness (QED) is 0.274. The number of hydrogen-bond donors (Lipinski definition) is 0. The van der Waals surface area contributed by atoms with Crippen LogP contribution in [0.5, 0.6) is 23.0 Å². The third-order valence-electron chi connectivity index (χ3n) is 6.04. The third-order valence-corrected chi connectivity index (χ3v) is 6.04. The standard InChI is InChI=1S/C32H32O6/c1-3-7-31-29(5-1)35-19-17-33-21-25-9-11-26(12-10-25)22-34-18-20-36-30-6-2-4-8-32(30)38-24-28-15-13-27(14-16-28)23-37-31/h1-16H,17-24H2. The van der Waals surface area contributed by atoms with Crippen molar-refractivity contribution < 1.29 is 28.4 Å². The van der Waals surface area contributed by atoms with Gasteiger partial charge in [-0.3, -0.25) is 0 Å². The van der Waals surface area contributed by atoms with Crippen molar-refractivity contribution in [2.45, 2.75) is 26.4 Å². The maximum Gasteiger partial charge on any atom is 0.161 e. The third kappa shape index (κ3) is 7.51. The average Bonchev–Trinajstić information content (AvgIpc) is 2.96. The van der Waals surface area contributed by atoms with E-state index in [9.17, 15) is 0 Å². The van der Waals surface area contributed by atoms with Gasteiger partial charge in [0.2, 0.25) is 0 Å². The minimum Gasteiger partial charge on any atom is -0.487 e. The van der Waals surface area contributed by atoms with Gasteiger partial charge in [-0.15, -0.1) is 0 Å². The molecule has 4 aromatic rings. The number of para-hydroxylation sites is 4. The summed E-state index contributed by atoms with van der Waals surface area (Å²) in [5.74, 6) is 2.81. The summed E-state index contributed by atoms with van der Waals surface area (Å²) in [4.78, 5) is 0. The monoisotopic (exact) mass is 512 g/mol. The van der Waals surface area contributed by atoms with E-state index < -0.39 is 0 Å². The van der Waals surface area contributed by atoms with Gasteiger partial charge in [-0.1, -0.05) is 72.8 Å². The highest BCUT2D eigenvalue weighted by molar-refractivity contribution is 5.40. The van der Waals surface area contributed by atoms with Gasteiger partial charge >= 0.3 is 0 Å². The molecule has 0 aromatic heterocycles. The van der Waals surface area contributed by atoms with E-state index in [0.29, 0.717) is 75.9 Å². The summed E-state index contributed by atoms with van der Waals surface area (Å²) in [5.41, 5.74) is 4.32. The normalized spacial score (nSPS) is 15.2. The zero-order chi connectivity index (χ0) is 25.8. The predicted molar refractivity (Wildman–Crippen MR) is 145 cm³/mol. The van der Waals surface area contributed by atoms with Crippen molar-refractivity contribution >= 4 is 0 Å². The highest BCUT2D eigenvalue weighted by atomic mass is 16.5. The smallest absolute Gasteiger partial charge is 0.161 e. The summed E-state index contributed by atoms with van der Waals surface area (Å²) in [7, 11) is 0. The summed E-state index contributed by atoms with van der Waals surface area (Å²) in [5, 5.41) is 0. The molecule has 4 aromatic carbocycles. The van der Waals surface area contributed by atoms with E-state index in [1.54, 1.807) is 0 Å². The molecular weight excluding hydrogens is 480 g/mol. The molecule has 196 valence electrons. The molecule has 6 nitrogen and oxygen atoms in total. The van der Waals surface area contributed by atoms with E-state index in [1.165, 1.54) is 0 Å². The van der Waals surface area contributed by atoms with Crippen LogP contribution in [-0.4, -0.2) is 26.4 Å². The Balaban J connectivity index is 1.26. The molecule has 0 atom stereocenters. The molecule has 4 heterocycles. The first-order valence-electron chi connectivity index (χ1n) is 12.8. The Morgan fingerprint density at radius 2 is 0.632 bits per heavy atom. The Hall–Kier alpha value is -4.00. The van der Waals surface area contributed by atoms with Crippen LogP contribution in [0.15, 0.2) is 97.1 Å². The second-order valence-corrected chi connectivity index (χ2v) is 8.91. The molecule has 4 aliphatic heterocycles. The largest absolute Gasteiger partial charge is 0.487 e. The Morgan fingerprint density at radius 3 is 1.00 bits per heavy atom. The summed E-state index contributed by atoms with van der Waals surface area (Å²) >= 11 is 0. The van der Waals surface area contributed by atoms with Crippen LogP contribution in [0, 0.1) is 0 Å². The number of hydrogen-bond acceptors (Lipinski definition) is 6. The fourth-order valence-electron chi connectivity index (χ4n) is 3.96. The molecule has 0 spiro atoms. The van der Waals surface area contributed by atoms with Crippen LogP contribution >= 0.6 is 0 Å². The lowest BCUT2D eigenvalue weighted by Gasteiger charge is -2.14. The van der Waals surface area contributed by atoms with E-state index >= 15 is 0 Å². The maximum absolute atomic E-state index is 6.06. The molecule has 0 aliphatic carbocycles. The Labute approximate surface area is 223 Å². The zero-order valence-corrected chi connectivity index (χ0v) is 21.3. The molecule has 0 fully saturated rings. The van der Waals surface area contributed by atoms with Gasteiger partial charge in [0, 0.05) is 0 Å². The summed E-state index contributed by atoms with van der Waals surface area (Å²) < 4.78 is 35.6. The average molecular weight is 513 g/mol. The second-order valence-electron chi connectivity index (χ2n) is 8.91. The van der Waals surface area contributed by atoms with Crippen LogP contribution in [-0.2, 0) is 35.9 Å². The van der Waals surface area contributed by atoms with Crippen molar-refractivity contribution in [1.29, 1.82) is 0 Å².